The van der Waals surface area contributed by atoms with Crippen LogP contribution >= 0.6 is 0 Å². The Bertz CT molecular complexity index is 549. The lowest BCUT2D eigenvalue weighted by molar-refractivity contribution is -0.115. The molecule has 0 radical (unpaired) electrons. The highest BCUT2D eigenvalue weighted by Crippen LogP contribution is 2.23. The van der Waals surface area contributed by atoms with E-state index >= 15 is 0 Å². The Kier molecular flexibility index (Phi) is 3.62. The standard InChI is InChI=1S/C13H14N2O3/c1-9-7-10(15-18-9)8-13(16)14-11-5-3-4-6-12(11)17-2/h3-7H,8H2,1-2H3,(H,14,16). The van der Waals surface area contributed by atoms with Crippen LogP contribution in [0.5, 0.6) is 5.75 Å². The van der Waals surface area contributed by atoms with Gasteiger partial charge in [0.2, 0.25) is 5.91 Å². The number of hydrogen-bond donors (Lipinski definition) is 1. The molecule has 1 aromatic heterocycles. The van der Waals surface area contributed by atoms with Crippen LogP contribution in [0, 0.1) is 6.92 Å². The average molecular weight is 246 g/mol. The van der Waals surface area contributed by atoms with Gasteiger partial charge in [-0.05, 0) is 19.1 Å². The largest absolute Gasteiger partial charge is 0.495 e. The molecule has 0 fully saturated rings. The topological polar surface area (TPSA) is 64.4 Å². The van der Waals surface area contributed by atoms with Gasteiger partial charge in [-0.15, -0.1) is 0 Å². The highest BCUT2D eigenvalue weighted by atomic mass is 16.5. The molecule has 0 aliphatic carbocycles. The molecule has 0 saturated heterocycles. The Balaban J connectivity index is 2.03. The quantitative estimate of drug-likeness (QED) is 0.898. The molecular formula is C13H14N2O3. The van der Waals surface area contributed by atoms with E-state index in [1.807, 2.05) is 12.1 Å². The van der Waals surface area contributed by atoms with E-state index in [4.69, 9.17) is 9.26 Å². The number of anilines is 1. The summed E-state index contributed by atoms with van der Waals surface area (Å²) in [5.41, 5.74) is 1.25. The van der Waals surface area contributed by atoms with Crippen molar-refractivity contribution in [2.45, 2.75) is 13.3 Å². The number of nitrogens with one attached hydrogen (secondary N) is 1. The minimum atomic E-state index is -0.159. The summed E-state index contributed by atoms with van der Waals surface area (Å²) in [6, 6.07) is 8.98. The zero-order valence-corrected chi connectivity index (χ0v) is 10.3. The fraction of sp³-hybridized carbons (Fsp3) is 0.231. The second kappa shape index (κ2) is 5.35. The smallest absolute Gasteiger partial charge is 0.230 e. The molecule has 1 heterocycles. The summed E-state index contributed by atoms with van der Waals surface area (Å²) in [7, 11) is 1.56. The van der Waals surface area contributed by atoms with Gasteiger partial charge in [0, 0.05) is 6.07 Å². The molecule has 5 heteroatoms. The van der Waals surface area contributed by atoms with E-state index in [2.05, 4.69) is 10.5 Å². The molecule has 1 amide bonds. The predicted octanol–water partition coefficient (Wildman–Crippen LogP) is 2.17. The number of amides is 1. The maximum Gasteiger partial charge on any atom is 0.230 e. The summed E-state index contributed by atoms with van der Waals surface area (Å²) in [5.74, 6) is 1.16. The van der Waals surface area contributed by atoms with Crippen LogP contribution in [0.15, 0.2) is 34.9 Å². The van der Waals surface area contributed by atoms with Crippen molar-refractivity contribution in [3.05, 3.63) is 41.8 Å². The predicted molar refractivity (Wildman–Crippen MR) is 66.6 cm³/mol. The van der Waals surface area contributed by atoms with E-state index < -0.39 is 0 Å². The van der Waals surface area contributed by atoms with Gasteiger partial charge >= 0.3 is 0 Å². The molecule has 2 rings (SSSR count). The van der Waals surface area contributed by atoms with Gasteiger partial charge in [-0.3, -0.25) is 4.79 Å². The first-order chi connectivity index (χ1) is 8.69. The molecule has 5 nitrogen and oxygen atoms in total. The normalized spacial score (nSPS) is 10.1. The molecule has 18 heavy (non-hydrogen) atoms. The van der Waals surface area contributed by atoms with Gasteiger partial charge < -0.3 is 14.6 Å². The number of carbonyl (C=O) groups excluding carboxylic acids is 1. The first-order valence-corrected chi connectivity index (χ1v) is 5.54. The van der Waals surface area contributed by atoms with Crippen molar-refractivity contribution >= 4 is 11.6 Å². The van der Waals surface area contributed by atoms with Crippen molar-refractivity contribution < 1.29 is 14.1 Å². The number of rotatable bonds is 4. The van der Waals surface area contributed by atoms with E-state index in [9.17, 15) is 4.79 Å². The SMILES string of the molecule is COc1ccccc1NC(=O)Cc1cc(C)on1. The average Bonchev–Trinajstić information content (AvgIpc) is 2.75. The maximum absolute atomic E-state index is 11.8. The number of nitrogens with zero attached hydrogens (tertiary/aromatic N) is 1. The third-order valence-corrected chi connectivity index (χ3v) is 2.40. The molecule has 0 atom stereocenters. The Morgan fingerprint density at radius 1 is 1.44 bits per heavy atom. The Morgan fingerprint density at radius 3 is 2.89 bits per heavy atom. The third-order valence-electron chi connectivity index (χ3n) is 2.40. The highest BCUT2D eigenvalue weighted by molar-refractivity contribution is 5.93. The van der Waals surface area contributed by atoms with Gasteiger partial charge in [-0.2, -0.15) is 0 Å². The number of methoxy groups -OCH3 is 1. The zero-order valence-electron chi connectivity index (χ0n) is 10.3. The Hall–Kier alpha value is -2.30. The lowest BCUT2D eigenvalue weighted by Gasteiger charge is -2.08. The number of aromatic nitrogens is 1. The molecule has 94 valence electrons. The number of carbonyl (C=O) groups is 1. The second-order valence-corrected chi connectivity index (χ2v) is 3.85. The monoisotopic (exact) mass is 246 g/mol. The van der Waals surface area contributed by atoms with Crippen LogP contribution in [0.25, 0.3) is 0 Å². The minimum Gasteiger partial charge on any atom is -0.495 e. The summed E-state index contributed by atoms with van der Waals surface area (Å²) in [5, 5.41) is 6.55. The van der Waals surface area contributed by atoms with Crippen LogP contribution in [0.4, 0.5) is 5.69 Å². The molecule has 0 bridgehead atoms. The van der Waals surface area contributed by atoms with Crippen molar-refractivity contribution in [1.29, 1.82) is 0 Å². The van der Waals surface area contributed by atoms with E-state index in [1.165, 1.54) is 0 Å². The Labute approximate surface area is 105 Å². The summed E-state index contributed by atoms with van der Waals surface area (Å²) >= 11 is 0. The van der Waals surface area contributed by atoms with Crippen LogP contribution in [-0.4, -0.2) is 18.2 Å². The highest BCUT2D eigenvalue weighted by Gasteiger charge is 2.10. The summed E-state index contributed by atoms with van der Waals surface area (Å²) in [4.78, 5) is 11.8. The van der Waals surface area contributed by atoms with Crippen molar-refractivity contribution in [3.63, 3.8) is 0 Å². The van der Waals surface area contributed by atoms with Crippen LogP contribution in [0.3, 0.4) is 0 Å². The van der Waals surface area contributed by atoms with Gasteiger partial charge in [-0.25, -0.2) is 0 Å². The fourth-order valence-electron chi connectivity index (χ4n) is 1.61. The Morgan fingerprint density at radius 2 is 2.22 bits per heavy atom. The summed E-state index contributed by atoms with van der Waals surface area (Å²) in [6.45, 7) is 1.79. The van der Waals surface area contributed by atoms with Crippen molar-refractivity contribution in [2.75, 3.05) is 12.4 Å². The lowest BCUT2D eigenvalue weighted by atomic mass is 10.2. The first kappa shape index (κ1) is 12.2. The van der Waals surface area contributed by atoms with Crippen LogP contribution in [-0.2, 0) is 11.2 Å². The molecule has 0 saturated carbocycles. The molecule has 1 aromatic carbocycles. The molecule has 0 spiro atoms. The lowest BCUT2D eigenvalue weighted by Crippen LogP contribution is -2.15. The third kappa shape index (κ3) is 2.88. The van der Waals surface area contributed by atoms with Gasteiger partial charge in [-0.1, -0.05) is 17.3 Å². The number of aryl methyl sites for hydroxylation is 1. The number of para-hydroxylation sites is 2. The van der Waals surface area contributed by atoms with Crippen molar-refractivity contribution in [2.24, 2.45) is 0 Å². The van der Waals surface area contributed by atoms with Crippen molar-refractivity contribution in [1.82, 2.24) is 5.16 Å². The van der Waals surface area contributed by atoms with Crippen LogP contribution in [0.1, 0.15) is 11.5 Å². The number of ether oxygens (including phenoxy) is 1. The molecule has 1 N–H and O–H groups in total. The summed E-state index contributed by atoms with van der Waals surface area (Å²) < 4.78 is 10.1. The minimum absolute atomic E-state index is 0.159. The molecule has 0 aliphatic heterocycles. The molecular weight excluding hydrogens is 232 g/mol. The number of hydrogen-bond acceptors (Lipinski definition) is 4. The van der Waals surface area contributed by atoms with Crippen molar-refractivity contribution in [3.8, 4) is 5.75 Å². The number of benzene rings is 1. The summed E-state index contributed by atoms with van der Waals surface area (Å²) in [6.07, 6.45) is 0.176. The van der Waals surface area contributed by atoms with E-state index in [1.54, 1.807) is 32.2 Å². The van der Waals surface area contributed by atoms with Gasteiger partial charge in [0.1, 0.15) is 11.5 Å². The van der Waals surface area contributed by atoms with Gasteiger partial charge in [0.25, 0.3) is 0 Å². The van der Waals surface area contributed by atoms with Crippen LogP contribution in [0.2, 0.25) is 0 Å². The van der Waals surface area contributed by atoms with Gasteiger partial charge in [0.05, 0.1) is 24.9 Å². The second-order valence-electron chi connectivity index (χ2n) is 3.85. The first-order valence-electron chi connectivity index (χ1n) is 5.54. The molecule has 0 unspecified atom stereocenters. The zero-order chi connectivity index (χ0) is 13.0. The fourth-order valence-corrected chi connectivity index (χ4v) is 1.61. The molecule has 2 aromatic rings. The van der Waals surface area contributed by atoms with E-state index in [0.717, 1.165) is 0 Å². The van der Waals surface area contributed by atoms with Crippen LogP contribution < -0.4 is 10.1 Å². The maximum atomic E-state index is 11.8. The van der Waals surface area contributed by atoms with E-state index in [0.29, 0.717) is 22.9 Å². The van der Waals surface area contributed by atoms with Gasteiger partial charge in [0.15, 0.2) is 0 Å². The molecule has 0 aliphatic rings. The van der Waals surface area contributed by atoms with E-state index in [-0.39, 0.29) is 12.3 Å².